The first-order valence-corrected chi connectivity index (χ1v) is 9.01. The van der Waals surface area contributed by atoms with E-state index in [1.54, 1.807) is 0 Å². The highest BCUT2D eigenvalue weighted by atomic mass is 32.2. The Morgan fingerprint density at radius 1 is 1.45 bits per heavy atom. The van der Waals surface area contributed by atoms with E-state index in [4.69, 9.17) is 5.11 Å². The van der Waals surface area contributed by atoms with Gasteiger partial charge in [0.25, 0.3) is 0 Å². The Morgan fingerprint density at radius 3 is 2.60 bits per heavy atom. The fraction of sp³-hybridized carbons (Fsp3) is 0.769. The molecule has 0 aromatic carbocycles. The number of nitrogens with zero attached hydrogens (tertiary/aromatic N) is 3. The molecule has 1 aliphatic carbocycles. The number of carboxylic acids is 1. The van der Waals surface area contributed by atoms with Gasteiger partial charge in [-0.1, -0.05) is 32.0 Å². The van der Waals surface area contributed by atoms with Gasteiger partial charge in [-0.25, -0.2) is 0 Å². The maximum atomic E-state index is 10.8. The number of hydrogen-bond donors (Lipinski definition) is 1. The van der Waals surface area contributed by atoms with Crippen LogP contribution in [0.15, 0.2) is 5.16 Å². The normalized spacial score (nSPS) is 17.2. The van der Waals surface area contributed by atoms with Crippen molar-refractivity contribution in [2.24, 2.45) is 0 Å². The van der Waals surface area contributed by atoms with Crippen molar-refractivity contribution < 1.29 is 9.90 Å². The molecule has 0 radical (unpaired) electrons. The molecular weight excluding hydrogens is 294 g/mol. The van der Waals surface area contributed by atoms with Crippen LogP contribution in [0.25, 0.3) is 0 Å². The molecule has 0 bridgehead atoms. The monoisotopic (exact) mass is 315 g/mol. The summed E-state index contributed by atoms with van der Waals surface area (Å²) in [7, 11) is 0. The van der Waals surface area contributed by atoms with Gasteiger partial charge >= 0.3 is 5.97 Å². The van der Waals surface area contributed by atoms with E-state index in [1.807, 2.05) is 11.8 Å². The van der Waals surface area contributed by atoms with Gasteiger partial charge in [0.2, 0.25) is 0 Å². The Hall–Kier alpha value is -0.690. The molecule has 0 aliphatic heterocycles. The summed E-state index contributed by atoms with van der Waals surface area (Å²) < 4.78 is 2.42. The maximum absolute atomic E-state index is 10.8. The second kappa shape index (κ2) is 6.39. The molecule has 0 unspecified atom stereocenters. The summed E-state index contributed by atoms with van der Waals surface area (Å²) in [5.74, 6) is 0.459. The number of hydrogen-bond acceptors (Lipinski definition) is 5. The molecule has 0 atom stereocenters. The van der Waals surface area contributed by atoms with E-state index in [9.17, 15) is 4.79 Å². The summed E-state index contributed by atoms with van der Waals surface area (Å²) in [6, 6.07) is 0. The molecule has 5 nitrogen and oxygen atoms in total. The van der Waals surface area contributed by atoms with Crippen LogP contribution in [-0.2, 0) is 11.3 Å². The fourth-order valence-electron chi connectivity index (χ4n) is 2.39. The zero-order valence-electron chi connectivity index (χ0n) is 12.1. The third-order valence-electron chi connectivity index (χ3n) is 3.73. The van der Waals surface area contributed by atoms with Crippen LogP contribution in [0.2, 0.25) is 0 Å². The van der Waals surface area contributed by atoms with Gasteiger partial charge in [0.1, 0.15) is 5.82 Å². The predicted molar refractivity (Wildman–Crippen MR) is 82.6 cm³/mol. The average molecular weight is 315 g/mol. The van der Waals surface area contributed by atoms with Crippen molar-refractivity contribution in [3.63, 3.8) is 0 Å². The SMILES string of the molecule is CSC1(Cn2c(SCC(=O)O)nnc2C(C)C)CCC1. The summed E-state index contributed by atoms with van der Waals surface area (Å²) in [6.45, 7) is 5.08. The number of carboxylic acid groups (broad SMARTS) is 1. The number of aliphatic carboxylic acids is 1. The lowest BCUT2D eigenvalue weighted by molar-refractivity contribution is -0.133. The smallest absolute Gasteiger partial charge is 0.313 e. The second-order valence-corrected chi connectivity index (χ2v) is 7.72. The van der Waals surface area contributed by atoms with Crippen LogP contribution in [0.4, 0.5) is 0 Å². The summed E-state index contributed by atoms with van der Waals surface area (Å²) in [4.78, 5) is 10.8. The fourth-order valence-corrected chi connectivity index (χ4v) is 4.02. The summed E-state index contributed by atoms with van der Waals surface area (Å²) in [6.07, 6.45) is 5.86. The number of thioether (sulfide) groups is 2. The van der Waals surface area contributed by atoms with Gasteiger partial charge in [0, 0.05) is 17.2 Å². The quantitative estimate of drug-likeness (QED) is 0.780. The minimum atomic E-state index is -0.820. The molecule has 1 aromatic rings. The molecule has 1 aliphatic rings. The van der Waals surface area contributed by atoms with Crippen molar-refractivity contribution in [3.05, 3.63) is 5.82 Å². The van der Waals surface area contributed by atoms with E-state index >= 15 is 0 Å². The van der Waals surface area contributed by atoms with Crippen LogP contribution in [0, 0.1) is 0 Å². The van der Waals surface area contributed by atoms with Gasteiger partial charge in [-0.2, -0.15) is 11.8 Å². The van der Waals surface area contributed by atoms with Gasteiger partial charge < -0.3 is 9.67 Å². The van der Waals surface area contributed by atoms with E-state index in [1.165, 1.54) is 31.0 Å². The molecule has 1 heterocycles. The maximum Gasteiger partial charge on any atom is 0.313 e. The first-order chi connectivity index (χ1) is 9.47. The standard InChI is InChI=1S/C13H21N3O2S2/c1-9(2)11-14-15-12(20-7-10(17)18)16(11)8-13(19-3)5-4-6-13/h9H,4-8H2,1-3H3,(H,17,18). The topological polar surface area (TPSA) is 68.0 Å². The lowest BCUT2D eigenvalue weighted by atomic mass is 9.84. The van der Waals surface area contributed by atoms with Crippen LogP contribution in [0.5, 0.6) is 0 Å². The van der Waals surface area contributed by atoms with E-state index in [0.29, 0.717) is 5.92 Å². The molecule has 2 rings (SSSR count). The third kappa shape index (κ3) is 3.31. The van der Waals surface area contributed by atoms with Crippen LogP contribution in [0.3, 0.4) is 0 Å². The summed E-state index contributed by atoms with van der Waals surface area (Å²) in [5, 5.41) is 18.0. The lowest BCUT2D eigenvalue weighted by Gasteiger charge is -2.41. The number of rotatable bonds is 7. The molecule has 1 fully saturated rings. The zero-order chi connectivity index (χ0) is 14.8. The molecule has 7 heteroatoms. The Balaban J connectivity index is 2.22. The Morgan fingerprint density at radius 2 is 2.15 bits per heavy atom. The van der Waals surface area contributed by atoms with Gasteiger partial charge in [0.15, 0.2) is 5.16 Å². The molecule has 1 aromatic heterocycles. The van der Waals surface area contributed by atoms with Crippen molar-refractivity contribution in [3.8, 4) is 0 Å². The molecule has 0 amide bonds. The second-order valence-electron chi connectivity index (χ2n) is 5.50. The van der Waals surface area contributed by atoms with E-state index in [-0.39, 0.29) is 10.5 Å². The van der Waals surface area contributed by atoms with Crippen molar-refractivity contribution in [2.45, 2.75) is 55.5 Å². The highest BCUT2D eigenvalue weighted by molar-refractivity contribution is 8.00. The minimum absolute atomic E-state index is 0.0303. The van der Waals surface area contributed by atoms with Crippen LogP contribution in [0.1, 0.15) is 44.9 Å². The van der Waals surface area contributed by atoms with Crippen molar-refractivity contribution in [2.75, 3.05) is 12.0 Å². The van der Waals surface area contributed by atoms with Crippen molar-refractivity contribution in [1.29, 1.82) is 0 Å². The van der Waals surface area contributed by atoms with Gasteiger partial charge in [-0.15, -0.1) is 10.2 Å². The van der Waals surface area contributed by atoms with Crippen LogP contribution in [-0.4, -0.2) is 42.6 Å². The number of aromatic nitrogens is 3. The van der Waals surface area contributed by atoms with Crippen LogP contribution < -0.4 is 0 Å². The van der Waals surface area contributed by atoms with Crippen molar-refractivity contribution in [1.82, 2.24) is 14.8 Å². The molecule has 20 heavy (non-hydrogen) atoms. The van der Waals surface area contributed by atoms with E-state index < -0.39 is 5.97 Å². The van der Waals surface area contributed by atoms with Crippen LogP contribution >= 0.6 is 23.5 Å². The lowest BCUT2D eigenvalue weighted by Crippen LogP contribution is -2.38. The largest absolute Gasteiger partial charge is 0.481 e. The molecule has 0 spiro atoms. The Labute approximate surface area is 127 Å². The van der Waals surface area contributed by atoms with E-state index in [0.717, 1.165) is 17.5 Å². The average Bonchev–Trinajstić information content (AvgIpc) is 2.74. The molecule has 1 N–H and O–H groups in total. The Bertz CT molecular complexity index is 478. The summed E-state index contributed by atoms with van der Waals surface area (Å²) >= 11 is 3.17. The molecular formula is C13H21N3O2S2. The highest BCUT2D eigenvalue weighted by Gasteiger charge is 2.38. The highest BCUT2D eigenvalue weighted by Crippen LogP contribution is 2.45. The van der Waals surface area contributed by atoms with Crippen molar-refractivity contribution >= 4 is 29.5 Å². The third-order valence-corrected chi connectivity index (χ3v) is 6.09. The zero-order valence-corrected chi connectivity index (χ0v) is 13.8. The summed E-state index contributed by atoms with van der Waals surface area (Å²) in [5.41, 5.74) is 0. The first-order valence-electron chi connectivity index (χ1n) is 6.80. The Kier molecular flexibility index (Phi) is 5.01. The molecule has 1 saturated carbocycles. The molecule has 0 saturated heterocycles. The first kappa shape index (κ1) is 15.7. The van der Waals surface area contributed by atoms with E-state index in [2.05, 4.69) is 34.9 Å². The predicted octanol–water partition coefficient (Wildman–Crippen LogP) is 2.86. The number of carbonyl (C=O) groups is 1. The van der Waals surface area contributed by atoms with Gasteiger partial charge in [-0.05, 0) is 19.1 Å². The molecule has 112 valence electrons. The van der Waals surface area contributed by atoms with Gasteiger partial charge in [-0.3, -0.25) is 4.79 Å². The van der Waals surface area contributed by atoms with Gasteiger partial charge in [0.05, 0.1) is 5.75 Å². The minimum Gasteiger partial charge on any atom is -0.481 e.